The van der Waals surface area contributed by atoms with Gasteiger partial charge in [-0.3, -0.25) is 4.79 Å². The Labute approximate surface area is 137 Å². The van der Waals surface area contributed by atoms with E-state index in [0.29, 0.717) is 12.3 Å². The largest absolute Gasteiger partial charge is 0.507 e. The summed E-state index contributed by atoms with van der Waals surface area (Å²) in [6.07, 6.45) is -0.979. The maximum atomic E-state index is 12.1. The number of rotatable bonds is 6. The molecule has 1 aromatic heterocycles. The zero-order valence-corrected chi connectivity index (χ0v) is 13.6. The SMILES string of the molecule is COc1ccc(O)c(C(=O)OC(C)C(=O)NCc2cccs2)c1. The Morgan fingerprint density at radius 3 is 2.78 bits per heavy atom. The van der Waals surface area contributed by atoms with E-state index in [4.69, 9.17) is 9.47 Å². The third kappa shape index (κ3) is 4.46. The quantitative estimate of drug-likeness (QED) is 0.792. The molecular formula is C16H17NO5S. The van der Waals surface area contributed by atoms with E-state index in [-0.39, 0.29) is 11.3 Å². The molecule has 2 rings (SSSR count). The average molecular weight is 335 g/mol. The molecule has 0 bridgehead atoms. The average Bonchev–Trinajstić information content (AvgIpc) is 3.06. The van der Waals surface area contributed by atoms with Gasteiger partial charge in [0.05, 0.1) is 13.7 Å². The number of carbonyl (C=O) groups excluding carboxylic acids is 2. The first-order valence-electron chi connectivity index (χ1n) is 6.89. The van der Waals surface area contributed by atoms with Gasteiger partial charge in [0.1, 0.15) is 17.1 Å². The maximum absolute atomic E-state index is 12.1. The van der Waals surface area contributed by atoms with E-state index in [9.17, 15) is 14.7 Å². The number of esters is 1. The fraction of sp³-hybridized carbons (Fsp3) is 0.250. The van der Waals surface area contributed by atoms with Gasteiger partial charge in [-0.2, -0.15) is 0 Å². The van der Waals surface area contributed by atoms with Gasteiger partial charge in [0, 0.05) is 4.88 Å². The first kappa shape index (κ1) is 16.8. The minimum Gasteiger partial charge on any atom is -0.507 e. The number of methoxy groups -OCH3 is 1. The van der Waals surface area contributed by atoms with Crippen molar-refractivity contribution in [2.45, 2.75) is 19.6 Å². The molecule has 0 aliphatic rings. The van der Waals surface area contributed by atoms with Crippen molar-refractivity contribution < 1.29 is 24.2 Å². The summed E-state index contributed by atoms with van der Waals surface area (Å²) in [4.78, 5) is 25.0. The molecule has 0 aliphatic carbocycles. The lowest BCUT2D eigenvalue weighted by atomic mass is 10.2. The topological polar surface area (TPSA) is 84.9 Å². The number of ether oxygens (including phenoxy) is 2. The van der Waals surface area contributed by atoms with Crippen molar-refractivity contribution in [2.75, 3.05) is 7.11 Å². The molecular weight excluding hydrogens is 318 g/mol. The van der Waals surface area contributed by atoms with Crippen molar-refractivity contribution in [1.82, 2.24) is 5.32 Å². The molecule has 0 aliphatic heterocycles. The van der Waals surface area contributed by atoms with E-state index in [2.05, 4.69) is 5.32 Å². The van der Waals surface area contributed by atoms with E-state index in [1.807, 2.05) is 17.5 Å². The fourth-order valence-corrected chi connectivity index (χ4v) is 2.46. The summed E-state index contributed by atoms with van der Waals surface area (Å²) >= 11 is 1.52. The second kappa shape index (κ2) is 7.64. The van der Waals surface area contributed by atoms with Crippen LogP contribution >= 0.6 is 11.3 Å². The highest BCUT2D eigenvalue weighted by Gasteiger charge is 2.21. The minimum absolute atomic E-state index is 0.0535. The van der Waals surface area contributed by atoms with Crippen LogP contribution in [0.4, 0.5) is 0 Å². The normalized spacial score (nSPS) is 11.6. The summed E-state index contributed by atoms with van der Waals surface area (Å²) in [5.41, 5.74) is -0.0535. The van der Waals surface area contributed by atoms with Crippen LogP contribution in [0.5, 0.6) is 11.5 Å². The maximum Gasteiger partial charge on any atom is 0.342 e. The Hall–Kier alpha value is -2.54. The van der Waals surface area contributed by atoms with Crippen LogP contribution in [0, 0.1) is 0 Å². The lowest BCUT2D eigenvalue weighted by Gasteiger charge is -2.14. The van der Waals surface area contributed by atoms with Gasteiger partial charge in [0.15, 0.2) is 6.10 Å². The number of nitrogens with one attached hydrogen (secondary N) is 1. The first-order valence-corrected chi connectivity index (χ1v) is 7.77. The van der Waals surface area contributed by atoms with E-state index in [0.717, 1.165) is 4.88 Å². The molecule has 0 fully saturated rings. The molecule has 2 N–H and O–H groups in total. The molecule has 122 valence electrons. The number of phenolic OH excluding ortho intramolecular Hbond substituents is 1. The van der Waals surface area contributed by atoms with E-state index in [1.54, 1.807) is 0 Å². The van der Waals surface area contributed by atoms with Crippen LogP contribution in [0.3, 0.4) is 0 Å². The number of benzene rings is 1. The molecule has 0 radical (unpaired) electrons. The summed E-state index contributed by atoms with van der Waals surface area (Å²) in [7, 11) is 1.45. The van der Waals surface area contributed by atoms with Gasteiger partial charge in [-0.15, -0.1) is 11.3 Å². The van der Waals surface area contributed by atoms with Crippen molar-refractivity contribution in [3.05, 3.63) is 46.2 Å². The monoisotopic (exact) mass is 335 g/mol. The van der Waals surface area contributed by atoms with Crippen LogP contribution in [0.25, 0.3) is 0 Å². The summed E-state index contributed by atoms with van der Waals surface area (Å²) < 4.78 is 10.1. The van der Waals surface area contributed by atoms with Gasteiger partial charge in [-0.05, 0) is 36.6 Å². The lowest BCUT2D eigenvalue weighted by molar-refractivity contribution is -0.129. The highest BCUT2D eigenvalue weighted by molar-refractivity contribution is 7.09. The number of aromatic hydroxyl groups is 1. The number of carbonyl (C=O) groups is 2. The van der Waals surface area contributed by atoms with Crippen molar-refractivity contribution >= 4 is 23.2 Å². The van der Waals surface area contributed by atoms with Crippen molar-refractivity contribution in [1.29, 1.82) is 0 Å². The molecule has 2 aromatic rings. The van der Waals surface area contributed by atoms with E-state index >= 15 is 0 Å². The van der Waals surface area contributed by atoms with Crippen LogP contribution in [0.2, 0.25) is 0 Å². The van der Waals surface area contributed by atoms with E-state index in [1.165, 1.54) is 43.6 Å². The molecule has 1 unspecified atom stereocenters. The Kier molecular flexibility index (Phi) is 5.59. The van der Waals surface area contributed by atoms with Crippen LogP contribution in [0.15, 0.2) is 35.7 Å². The summed E-state index contributed by atoms with van der Waals surface area (Å²) in [5, 5.41) is 14.3. The molecule has 1 heterocycles. The predicted molar refractivity (Wildman–Crippen MR) is 85.7 cm³/mol. The predicted octanol–water partition coefficient (Wildman–Crippen LogP) is 2.32. The molecule has 1 atom stereocenters. The van der Waals surface area contributed by atoms with Gasteiger partial charge in [0.25, 0.3) is 5.91 Å². The van der Waals surface area contributed by atoms with Gasteiger partial charge in [-0.25, -0.2) is 4.79 Å². The highest BCUT2D eigenvalue weighted by atomic mass is 32.1. The number of phenols is 1. The zero-order chi connectivity index (χ0) is 16.8. The first-order chi connectivity index (χ1) is 11.0. The number of amides is 1. The smallest absolute Gasteiger partial charge is 0.342 e. The molecule has 0 spiro atoms. The summed E-state index contributed by atoms with van der Waals surface area (Å²) in [5.74, 6) is -1.03. The van der Waals surface area contributed by atoms with Gasteiger partial charge in [-0.1, -0.05) is 6.07 Å². The highest BCUT2D eigenvalue weighted by Crippen LogP contribution is 2.24. The van der Waals surface area contributed by atoms with Crippen LogP contribution in [0.1, 0.15) is 22.2 Å². The Morgan fingerprint density at radius 1 is 1.35 bits per heavy atom. The second-order valence-electron chi connectivity index (χ2n) is 4.73. The van der Waals surface area contributed by atoms with Crippen LogP contribution in [-0.2, 0) is 16.1 Å². The minimum atomic E-state index is -0.979. The molecule has 6 nitrogen and oxygen atoms in total. The molecule has 23 heavy (non-hydrogen) atoms. The Balaban J connectivity index is 1.94. The third-order valence-electron chi connectivity index (χ3n) is 3.09. The van der Waals surface area contributed by atoms with Crippen LogP contribution in [-0.4, -0.2) is 30.2 Å². The third-order valence-corrected chi connectivity index (χ3v) is 3.97. The van der Waals surface area contributed by atoms with Gasteiger partial charge < -0.3 is 19.9 Å². The Morgan fingerprint density at radius 2 is 2.13 bits per heavy atom. The number of hydrogen-bond donors (Lipinski definition) is 2. The van der Waals surface area contributed by atoms with E-state index < -0.39 is 18.0 Å². The number of thiophene rings is 1. The van der Waals surface area contributed by atoms with Crippen LogP contribution < -0.4 is 10.1 Å². The lowest BCUT2D eigenvalue weighted by Crippen LogP contribution is -2.35. The van der Waals surface area contributed by atoms with Crippen molar-refractivity contribution in [3.63, 3.8) is 0 Å². The zero-order valence-electron chi connectivity index (χ0n) is 12.7. The summed E-state index contributed by atoms with van der Waals surface area (Å²) in [6.45, 7) is 1.85. The number of hydrogen-bond acceptors (Lipinski definition) is 6. The molecule has 1 amide bonds. The molecule has 7 heteroatoms. The molecule has 1 aromatic carbocycles. The van der Waals surface area contributed by atoms with Crippen molar-refractivity contribution in [3.8, 4) is 11.5 Å². The molecule has 0 saturated heterocycles. The fourth-order valence-electron chi connectivity index (χ4n) is 1.81. The second-order valence-corrected chi connectivity index (χ2v) is 5.76. The standard InChI is InChI=1S/C16H17NO5S/c1-10(15(19)17-9-12-4-3-7-23-12)22-16(20)13-8-11(21-2)5-6-14(13)18/h3-8,10,18H,9H2,1-2H3,(H,17,19). The van der Waals surface area contributed by atoms with Gasteiger partial charge in [0.2, 0.25) is 0 Å². The molecule has 0 saturated carbocycles. The summed E-state index contributed by atoms with van der Waals surface area (Å²) in [6, 6.07) is 7.99. The van der Waals surface area contributed by atoms with Gasteiger partial charge >= 0.3 is 5.97 Å². The Bertz CT molecular complexity index is 684. The van der Waals surface area contributed by atoms with Crippen molar-refractivity contribution in [2.24, 2.45) is 0 Å².